The molecule has 1 aliphatic heterocycles. The van der Waals surface area contributed by atoms with Crippen LogP contribution in [0.3, 0.4) is 0 Å². The molecule has 8 rings (SSSR count). The van der Waals surface area contributed by atoms with E-state index in [2.05, 4.69) is 61.5 Å². The number of likely N-dealkylation sites (tertiary alicyclic amines) is 1. The average molecular weight is 567 g/mol. The van der Waals surface area contributed by atoms with Crippen molar-refractivity contribution in [2.75, 3.05) is 13.1 Å². The lowest BCUT2D eigenvalue weighted by molar-refractivity contribution is 0.0733. The monoisotopic (exact) mass is 566 g/mol. The highest BCUT2D eigenvalue weighted by molar-refractivity contribution is 7.08. The van der Waals surface area contributed by atoms with Gasteiger partial charge in [0, 0.05) is 35.6 Å². The number of ether oxygens (including phenoxy) is 1. The zero-order valence-electron chi connectivity index (χ0n) is 23.4. The van der Waals surface area contributed by atoms with Gasteiger partial charge in [-0.05, 0) is 128 Å². The van der Waals surface area contributed by atoms with E-state index in [1.54, 1.807) is 11.3 Å². The first kappa shape index (κ1) is 25.5. The fourth-order valence-corrected chi connectivity index (χ4v) is 8.22. The minimum atomic E-state index is -0.0262. The molecule has 0 bridgehead atoms. The largest absolute Gasteiger partial charge is 0.490 e. The third-order valence-corrected chi connectivity index (χ3v) is 11.0. The number of nitrogens with one attached hydrogen (secondary N) is 2. The molecule has 7 heteroatoms. The summed E-state index contributed by atoms with van der Waals surface area (Å²) in [5.74, 6) is 3.51. The lowest BCUT2D eigenvalue weighted by atomic mass is 9.77. The Morgan fingerprint density at radius 1 is 1.00 bits per heavy atom. The number of hydrogen-bond donors (Lipinski definition) is 2. The summed E-state index contributed by atoms with van der Waals surface area (Å²) in [4.78, 5) is 16.1. The average Bonchev–Trinajstić information content (AvgIpc) is 3.39. The Bertz CT molecular complexity index is 1510. The molecule has 2 aromatic carbocycles. The number of carbonyl (C=O) groups excluding carboxylic acids is 1. The van der Waals surface area contributed by atoms with Gasteiger partial charge in [-0.1, -0.05) is 6.42 Å². The first-order valence-corrected chi connectivity index (χ1v) is 16.4. The van der Waals surface area contributed by atoms with Crippen LogP contribution in [0.5, 0.6) is 5.75 Å². The number of amides is 1. The first-order chi connectivity index (χ1) is 20.2. The van der Waals surface area contributed by atoms with E-state index in [0.29, 0.717) is 11.5 Å². The van der Waals surface area contributed by atoms with Crippen LogP contribution in [0.15, 0.2) is 59.3 Å². The topological polar surface area (TPSA) is 70.2 Å². The number of fused-ring (bicyclic) bond motifs is 2. The Morgan fingerprint density at radius 2 is 1.80 bits per heavy atom. The maximum Gasteiger partial charge on any atom is 0.251 e. The summed E-state index contributed by atoms with van der Waals surface area (Å²) >= 11 is 1.69. The van der Waals surface area contributed by atoms with Gasteiger partial charge in [0.05, 0.1) is 17.3 Å². The standard InChI is InChI=1S/C34H38N4O2S/c39-34(35-32(21-2-1-3-21)24-12-15-41-20-24)23-6-9-31-30(19-23)33(37-36-31)22-4-7-28(8-5-22)40-29-10-13-38(14-11-29)27-17-25-16-26(25)18-27/h4-9,12,15,19-21,25-27,29,32H,1-3,10-11,13-14,16-18H2,(H,35,39)(H,36,37). The van der Waals surface area contributed by atoms with Gasteiger partial charge in [0.1, 0.15) is 11.9 Å². The van der Waals surface area contributed by atoms with Crippen molar-refractivity contribution in [3.8, 4) is 17.0 Å². The third kappa shape index (κ3) is 5.08. The second-order valence-electron chi connectivity index (χ2n) is 12.8. The molecular weight excluding hydrogens is 528 g/mol. The first-order valence-electron chi connectivity index (χ1n) is 15.5. The van der Waals surface area contributed by atoms with E-state index in [-0.39, 0.29) is 18.1 Å². The molecule has 1 amide bonds. The highest BCUT2D eigenvalue weighted by Crippen LogP contribution is 2.53. The Kier molecular flexibility index (Phi) is 6.60. The Labute approximate surface area is 245 Å². The van der Waals surface area contributed by atoms with Crippen LogP contribution in [0.4, 0.5) is 0 Å². The minimum Gasteiger partial charge on any atom is -0.490 e. The highest BCUT2D eigenvalue weighted by atomic mass is 32.1. The zero-order chi connectivity index (χ0) is 27.3. The van der Waals surface area contributed by atoms with Gasteiger partial charge < -0.3 is 15.0 Å². The van der Waals surface area contributed by atoms with E-state index in [1.807, 2.05) is 18.2 Å². The molecule has 6 nitrogen and oxygen atoms in total. The van der Waals surface area contributed by atoms with Crippen LogP contribution in [0.25, 0.3) is 22.2 Å². The van der Waals surface area contributed by atoms with Gasteiger partial charge in [-0.15, -0.1) is 0 Å². The number of aromatic amines is 1. The fourth-order valence-electron chi connectivity index (χ4n) is 7.52. The molecule has 3 aliphatic carbocycles. The van der Waals surface area contributed by atoms with Crippen molar-refractivity contribution < 1.29 is 9.53 Å². The van der Waals surface area contributed by atoms with Crippen molar-refractivity contribution >= 4 is 28.1 Å². The van der Waals surface area contributed by atoms with Gasteiger partial charge in [-0.3, -0.25) is 9.89 Å². The zero-order valence-corrected chi connectivity index (χ0v) is 24.2. The van der Waals surface area contributed by atoms with Crippen LogP contribution in [-0.2, 0) is 0 Å². The molecule has 41 heavy (non-hydrogen) atoms. The van der Waals surface area contributed by atoms with Crippen LogP contribution >= 0.6 is 11.3 Å². The van der Waals surface area contributed by atoms with Gasteiger partial charge in [0.15, 0.2) is 0 Å². The molecule has 3 saturated carbocycles. The number of hydrogen-bond acceptors (Lipinski definition) is 5. The molecule has 0 radical (unpaired) electrons. The van der Waals surface area contributed by atoms with Gasteiger partial charge >= 0.3 is 0 Å². The summed E-state index contributed by atoms with van der Waals surface area (Å²) < 4.78 is 6.40. The van der Waals surface area contributed by atoms with Crippen LogP contribution < -0.4 is 10.1 Å². The number of piperidine rings is 1. The van der Waals surface area contributed by atoms with Crippen LogP contribution in [0.2, 0.25) is 0 Å². The van der Waals surface area contributed by atoms with Crippen molar-refractivity contribution in [1.82, 2.24) is 20.4 Å². The summed E-state index contributed by atoms with van der Waals surface area (Å²) in [6.45, 7) is 2.33. The number of benzene rings is 2. The van der Waals surface area contributed by atoms with E-state index < -0.39 is 0 Å². The van der Waals surface area contributed by atoms with Crippen molar-refractivity contribution in [2.24, 2.45) is 17.8 Å². The van der Waals surface area contributed by atoms with Crippen molar-refractivity contribution in [2.45, 2.75) is 69.6 Å². The molecule has 212 valence electrons. The molecular formula is C34H38N4O2S. The van der Waals surface area contributed by atoms with E-state index in [1.165, 1.54) is 44.1 Å². The lowest BCUT2D eigenvalue weighted by Crippen LogP contribution is -2.43. The minimum absolute atomic E-state index is 0.0262. The van der Waals surface area contributed by atoms with Gasteiger partial charge in [-0.25, -0.2) is 0 Å². The molecule has 1 saturated heterocycles. The molecule has 0 spiro atoms. The predicted octanol–water partition coefficient (Wildman–Crippen LogP) is 7.20. The van der Waals surface area contributed by atoms with E-state index >= 15 is 0 Å². The number of thiophene rings is 1. The fraction of sp³-hybridized carbons (Fsp3) is 0.471. The normalized spacial score (nSPS) is 25.5. The molecule has 3 unspecified atom stereocenters. The quantitative estimate of drug-likeness (QED) is 0.237. The highest BCUT2D eigenvalue weighted by Gasteiger charge is 2.47. The Hall–Kier alpha value is -3.16. The summed E-state index contributed by atoms with van der Waals surface area (Å²) in [7, 11) is 0. The van der Waals surface area contributed by atoms with Crippen LogP contribution in [0.1, 0.15) is 73.3 Å². The van der Waals surface area contributed by atoms with E-state index in [0.717, 1.165) is 71.7 Å². The Morgan fingerprint density at radius 3 is 2.51 bits per heavy atom. The van der Waals surface area contributed by atoms with Crippen LogP contribution in [0, 0.1) is 17.8 Å². The second kappa shape index (κ2) is 10.6. The number of aromatic nitrogens is 2. The molecule has 4 aromatic rings. The number of H-pyrrole nitrogens is 1. The SMILES string of the molecule is O=C(NC(c1ccsc1)C1CCC1)c1ccc2[nH]nc(-c3ccc(OC4CCN(C5CC6CC6C5)CC4)cc3)c2c1. The van der Waals surface area contributed by atoms with Crippen molar-refractivity contribution in [1.29, 1.82) is 0 Å². The number of rotatable bonds is 8. The summed E-state index contributed by atoms with van der Waals surface area (Å²) in [5.41, 5.74) is 4.69. The number of nitrogens with zero attached hydrogens (tertiary/aromatic N) is 2. The molecule has 3 heterocycles. The smallest absolute Gasteiger partial charge is 0.251 e. The second-order valence-corrected chi connectivity index (χ2v) is 13.6. The predicted molar refractivity (Wildman–Crippen MR) is 163 cm³/mol. The van der Waals surface area contributed by atoms with Gasteiger partial charge in [0.25, 0.3) is 5.91 Å². The maximum absolute atomic E-state index is 13.4. The summed E-state index contributed by atoms with van der Waals surface area (Å²) in [6.07, 6.45) is 10.5. The molecule has 2 aromatic heterocycles. The van der Waals surface area contributed by atoms with Gasteiger partial charge in [0.2, 0.25) is 0 Å². The van der Waals surface area contributed by atoms with E-state index in [4.69, 9.17) is 4.74 Å². The maximum atomic E-state index is 13.4. The molecule has 4 fully saturated rings. The van der Waals surface area contributed by atoms with Crippen LogP contribution in [-0.4, -0.2) is 46.2 Å². The Balaban J connectivity index is 0.933. The third-order valence-electron chi connectivity index (χ3n) is 10.3. The summed E-state index contributed by atoms with van der Waals surface area (Å²) in [5, 5.41) is 16.3. The summed E-state index contributed by atoms with van der Waals surface area (Å²) in [6, 6.07) is 17.2. The molecule has 3 atom stereocenters. The van der Waals surface area contributed by atoms with Crippen molar-refractivity contribution in [3.63, 3.8) is 0 Å². The van der Waals surface area contributed by atoms with Gasteiger partial charge in [-0.2, -0.15) is 16.4 Å². The molecule has 4 aliphatic rings. The lowest BCUT2D eigenvalue weighted by Gasteiger charge is -2.36. The van der Waals surface area contributed by atoms with E-state index in [9.17, 15) is 4.79 Å². The number of carbonyl (C=O) groups is 1. The molecule has 2 N–H and O–H groups in total. The van der Waals surface area contributed by atoms with Crippen molar-refractivity contribution in [3.05, 3.63) is 70.4 Å².